The summed E-state index contributed by atoms with van der Waals surface area (Å²) in [7, 11) is 0. The minimum Gasteiger partial charge on any atom is -0.319 e. The van der Waals surface area contributed by atoms with Crippen molar-refractivity contribution in [3.8, 4) is 0 Å². The fourth-order valence-electron chi connectivity index (χ4n) is 0.466. The van der Waals surface area contributed by atoms with Crippen LogP contribution in [0.2, 0.25) is 0 Å². The number of carbonyl (C=O) groups excluding carboxylic acids is 1. The molecular formula is C4H2F3N2O. The molecule has 1 N–H and O–H groups in total. The van der Waals surface area contributed by atoms with Gasteiger partial charge in [-0.05, 0) is 0 Å². The van der Waals surface area contributed by atoms with Gasteiger partial charge in [-0.1, -0.05) is 0 Å². The number of rotatable bonds is 0. The molecule has 55 valence electrons. The number of carbonyl (C=O) groups is 1. The van der Waals surface area contributed by atoms with Crippen molar-refractivity contribution in [2.75, 3.05) is 0 Å². The maximum Gasteiger partial charge on any atom is 0.414 e. The summed E-state index contributed by atoms with van der Waals surface area (Å²) in [5.41, 5.74) is 0. The van der Waals surface area contributed by atoms with Gasteiger partial charge in [-0.2, -0.15) is 18.2 Å². The lowest BCUT2D eigenvalue weighted by Crippen LogP contribution is -2.40. The molecule has 1 aliphatic heterocycles. The largest absolute Gasteiger partial charge is 0.414 e. The van der Waals surface area contributed by atoms with Gasteiger partial charge in [0, 0.05) is 0 Å². The fraction of sp³-hybridized carbons (Fsp3) is 0.500. The minimum absolute atomic E-state index is 0.998. The standard InChI is InChI=1S/C4H2F3N2O/c5-4(6,7)2-1-8-3(10)9-2/h2H,(H,9,10). The smallest absolute Gasteiger partial charge is 0.319 e. The Bertz CT molecular complexity index is 185. The van der Waals surface area contributed by atoms with Gasteiger partial charge in [-0.3, -0.25) is 0 Å². The molecule has 0 aromatic heterocycles. The highest BCUT2D eigenvalue weighted by molar-refractivity contribution is 5.93. The van der Waals surface area contributed by atoms with Crippen LogP contribution in [0.5, 0.6) is 0 Å². The second-order valence-corrected chi connectivity index (χ2v) is 1.67. The van der Waals surface area contributed by atoms with Crippen LogP contribution in [0.25, 0.3) is 0 Å². The third-order valence-electron chi connectivity index (χ3n) is 0.890. The molecule has 0 fully saturated rings. The van der Waals surface area contributed by atoms with Gasteiger partial charge in [0.1, 0.15) is 6.21 Å². The van der Waals surface area contributed by atoms with E-state index in [4.69, 9.17) is 0 Å². The van der Waals surface area contributed by atoms with Gasteiger partial charge in [0.2, 0.25) is 0 Å². The molecule has 0 aliphatic carbocycles. The predicted molar refractivity (Wildman–Crippen MR) is 25.8 cm³/mol. The molecule has 0 aromatic carbocycles. The molecule has 1 heterocycles. The Morgan fingerprint density at radius 3 is 2.40 bits per heavy atom. The number of hydrogen-bond donors (Lipinski definition) is 1. The van der Waals surface area contributed by atoms with E-state index in [2.05, 4.69) is 4.99 Å². The van der Waals surface area contributed by atoms with Crippen LogP contribution < -0.4 is 5.32 Å². The zero-order valence-electron chi connectivity index (χ0n) is 4.57. The molecule has 1 radical (unpaired) electrons. The highest BCUT2D eigenvalue weighted by atomic mass is 19.4. The molecule has 3 nitrogen and oxygen atoms in total. The molecule has 1 aliphatic rings. The predicted octanol–water partition coefficient (Wildman–Crippen LogP) is 0.588. The Balaban J connectivity index is 2.63. The Labute approximate surface area is 53.9 Å². The van der Waals surface area contributed by atoms with Crippen LogP contribution in [0.3, 0.4) is 0 Å². The van der Waals surface area contributed by atoms with Gasteiger partial charge >= 0.3 is 12.2 Å². The van der Waals surface area contributed by atoms with Gasteiger partial charge in [-0.25, -0.2) is 4.79 Å². The van der Waals surface area contributed by atoms with Gasteiger partial charge in [0.15, 0.2) is 6.04 Å². The van der Waals surface area contributed by atoms with E-state index < -0.39 is 18.2 Å². The van der Waals surface area contributed by atoms with Crippen molar-refractivity contribution in [3.05, 3.63) is 0 Å². The van der Waals surface area contributed by atoms with Crippen molar-refractivity contribution < 1.29 is 18.0 Å². The van der Waals surface area contributed by atoms with Crippen LogP contribution in [0.15, 0.2) is 4.99 Å². The van der Waals surface area contributed by atoms with Crippen molar-refractivity contribution in [2.24, 2.45) is 4.99 Å². The van der Waals surface area contributed by atoms with Crippen molar-refractivity contribution >= 4 is 12.2 Å². The summed E-state index contributed by atoms with van der Waals surface area (Å²) in [5.74, 6) is 0. The summed E-state index contributed by atoms with van der Waals surface area (Å²) < 4.78 is 34.8. The number of nitrogens with one attached hydrogen (secondary N) is 1. The van der Waals surface area contributed by atoms with Gasteiger partial charge in [0.05, 0.1) is 0 Å². The second-order valence-electron chi connectivity index (χ2n) is 1.67. The van der Waals surface area contributed by atoms with E-state index >= 15 is 0 Å². The van der Waals surface area contributed by atoms with E-state index in [0.29, 0.717) is 0 Å². The molecule has 1 atom stereocenters. The average Bonchev–Trinajstić information content (AvgIpc) is 2.11. The summed E-state index contributed by atoms with van der Waals surface area (Å²) in [5, 5.41) is 1.55. The Hall–Kier alpha value is -1.07. The van der Waals surface area contributed by atoms with E-state index in [-0.39, 0.29) is 0 Å². The number of urea groups is 1. The van der Waals surface area contributed by atoms with E-state index in [9.17, 15) is 18.0 Å². The molecule has 0 aromatic rings. The van der Waals surface area contributed by atoms with Crippen LogP contribution in [0, 0.1) is 0 Å². The average molecular weight is 151 g/mol. The van der Waals surface area contributed by atoms with E-state index in [0.717, 1.165) is 0 Å². The monoisotopic (exact) mass is 151 g/mol. The van der Waals surface area contributed by atoms with Crippen molar-refractivity contribution in [1.82, 2.24) is 5.32 Å². The second kappa shape index (κ2) is 1.96. The SMILES string of the molecule is O=C1N=[C]C(C(F)(F)F)N1. The number of alkyl halides is 3. The number of hydrogen-bond acceptors (Lipinski definition) is 1. The highest BCUT2D eigenvalue weighted by Gasteiger charge is 2.42. The lowest BCUT2D eigenvalue weighted by atomic mass is 10.3. The molecule has 0 bridgehead atoms. The molecular weight excluding hydrogens is 149 g/mol. The zero-order chi connectivity index (χ0) is 7.78. The topological polar surface area (TPSA) is 41.5 Å². The molecule has 0 saturated carbocycles. The molecule has 0 spiro atoms. The zero-order valence-corrected chi connectivity index (χ0v) is 4.57. The fourth-order valence-corrected chi connectivity index (χ4v) is 0.466. The minimum atomic E-state index is -4.48. The van der Waals surface area contributed by atoms with Gasteiger partial charge < -0.3 is 5.32 Å². The van der Waals surface area contributed by atoms with Crippen LogP contribution in [0.4, 0.5) is 18.0 Å². The highest BCUT2D eigenvalue weighted by Crippen LogP contribution is 2.20. The normalized spacial score (nSPS) is 25.1. The Morgan fingerprint density at radius 1 is 1.60 bits per heavy atom. The molecule has 2 amide bonds. The van der Waals surface area contributed by atoms with Crippen molar-refractivity contribution in [3.63, 3.8) is 0 Å². The van der Waals surface area contributed by atoms with Crippen molar-refractivity contribution in [1.29, 1.82) is 0 Å². The third-order valence-corrected chi connectivity index (χ3v) is 0.890. The first-order valence-corrected chi connectivity index (χ1v) is 2.33. The molecule has 1 unspecified atom stereocenters. The van der Waals surface area contributed by atoms with E-state index in [1.54, 1.807) is 11.5 Å². The summed E-state index contributed by atoms with van der Waals surface area (Å²) in [6, 6.07) is -3.03. The quantitative estimate of drug-likeness (QED) is 0.540. The lowest BCUT2D eigenvalue weighted by molar-refractivity contribution is -0.135. The number of amides is 2. The number of nitrogens with zero attached hydrogens (tertiary/aromatic N) is 1. The lowest BCUT2D eigenvalue weighted by Gasteiger charge is -2.09. The van der Waals surface area contributed by atoms with Crippen LogP contribution >= 0.6 is 0 Å². The number of aliphatic imine (C=N–C) groups is 1. The summed E-state index contributed by atoms with van der Waals surface area (Å²) >= 11 is 0. The van der Waals surface area contributed by atoms with Crippen molar-refractivity contribution in [2.45, 2.75) is 12.2 Å². The third kappa shape index (κ3) is 1.26. The summed E-state index contributed by atoms with van der Waals surface area (Å²) in [6.45, 7) is 0. The van der Waals surface area contributed by atoms with Crippen LogP contribution in [0.1, 0.15) is 0 Å². The van der Waals surface area contributed by atoms with E-state index in [1.807, 2.05) is 0 Å². The van der Waals surface area contributed by atoms with E-state index in [1.165, 1.54) is 0 Å². The Morgan fingerprint density at radius 2 is 2.20 bits per heavy atom. The molecule has 1 rings (SSSR count). The first kappa shape index (κ1) is 7.04. The maximum absolute atomic E-state index is 11.6. The van der Waals surface area contributed by atoms with Gasteiger partial charge in [-0.15, -0.1) is 0 Å². The Kier molecular flexibility index (Phi) is 1.38. The molecule has 10 heavy (non-hydrogen) atoms. The summed E-state index contributed by atoms with van der Waals surface area (Å²) in [6.07, 6.45) is -2.89. The van der Waals surface area contributed by atoms with Gasteiger partial charge in [0.25, 0.3) is 0 Å². The van der Waals surface area contributed by atoms with Crippen LogP contribution in [-0.4, -0.2) is 24.5 Å². The molecule has 0 saturated heterocycles. The number of halogens is 3. The first-order valence-electron chi connectivity index (χ1n) is 2.33. The first-order chi connectivity index (χ1) is 4.50. The maximum atomic E-state index is 11.6. The molecule has 6 heteroatoms. The van der Waals surface area contributed by atoms with Crippen LogP contribution in [-0.2, 0) is 0 Å². The summed E-state index contributed by atoms with van der Waals surface area (Å²) in [4.78, 5) is 12.8.